The van der Waals surface area contributed by atoms with Gasteiger partial charge in [0.1, 0.15) is 24.1 Å². The maximum atomic E-state index is 13.9. The molecule has 168 valence electrons. The summed E-state index contributed by atoms with van der Waals surface area (Å²) in [7, 11) is 1.48. The minimum absolute atomic E-state index is 0.0203. The van der Waals surface area contributed by atoms with E-state index in [1.807, 2.05) is 32.0 Å². The standard InChI is InChI=1S/C26H22BrFN2O3/c1-16-8-9-21(10-17(16)2)30-26(31)20(14-29)11-19-12-24(32-3)25(13-22(19)27)33-15-18-6-4-5-7-23(18)28/h4-13H,15H2,1-3H3,(H,30,31)/b20-11+. The third-order valence-corrected chi connectivity index (χ3v) is 5.74. The fourth-order valence-electron chi connectivity index (χ4n) is 3.03. The fraction of sp³-hybridized carbons (Fsp3) is 0.154. The molecule has 5 nitrogen and oxygen atoms in total. The first kappa shape index (κ1) is 24.0. The second kappa shape index (κ2) is 10.8. The van der Waals surface area contributed by atoms with Crippen molar-refractivity contribution in [3.8, 4) is 17.6 Å². The van der Waals surface area contributed by atoms with E-state index in [0.717, 1.165) is 11.1 Å². The van der Waals surface area contributed by atoms with Gasteiger partial charge in [0, 0.05) is 15.7 Å². The smallest absolute Gasteiger partial charge is 0.266 e. The van der Waals surface area contributed by atoms with Crippen LogP contribution < -0.4 is 14.8 Å². The number of rotatable bonds is 7. The number of ether oxygens (including phenoxy) is 2. The summed E-state index contributed by atoms with van der Waals surface area (Å²) in [6, 6.07) is 17.1. The van der Waals surface area contributed by atoms with Crippen LogP contribution >= 0.6 is 15.9 Å². The number of aryl methyl sites for hydroxylation is 2. The van der Waals surface area contributed by atoms with Gasteiger partial charge in [-0.1, -0.05) is 40.2 Å². The van der Waals surface area contributed by atoms with Crippen molar-refractivity contribution in [3.63, 3.8) is 0 Å². The van der Waals surface area contributed by atoms with Crippen LogP contribution in [0.25, 0.3) is 6.08 Å². The van der Waals surface area contributed by atoms with E-state index in [4.69, 9.17) is 9.47 Å². The Labute approximate surface area is 200 Å². The number of carbonyl (C=O) groups excluding carboxylic acids is 1. The molecule has 0 unspecified atom stereocenters. The van der Waals surface area contributed by atoms with Gasteiger partial charge in [0.15, 0.2) is 11.5 Å². The van der Waals surface area contributed by atoms with Crippen molar-refractivity contribution >= 4 is 33.6 Å². The second-order valence-corrected chi connectivity index (χ2v) is 8.18. The number of methoxy groups -OCH3 is 1. The highest BCUT2D eigenvalue weighted by atomic mass is 79.9. The summed E-state index contributed by atoms with van der Waals surface area (Å²) in [5.41, 5.74) is 3.64. The van der Waals surface area contributed by atoms with E-state index in [0.29, 0.717) is 32.8 Å². The van der Waals surface area contributed by atoms with Crippen LogP contribution in [-0.4, -0.2) is 13.0 Å². The maximum Gasteiger partial charge on any atom is 0.266 e. The summed E-state index contributed by atoms with van der Waals surface area (Å²) in [6.07, 6.45) is 1.46. The Bertz CT molecular complexity index is 1260. The molecule has 0 atom stereocenters. The molecule has 0 heterocycles. The SMILES string of the molecule is COc1cc(/C=C(\C#N)C(=O)Nc2ccc(C)c(C)c2)c(Br)cc1OCc1ccccc1F. The monoisotopic (exact) mass is 508 g/mol. The van der Waals surface area contributed by atoms with Crippen molar-refractivity contribution in [3.05, 3.63) is 92.7 Å². The molecule has 3 rings (SSSR count). The van der Waals surface area contributed by atoms with Crippen LogP contribution in [0.3, 0.4) is 0 Å². The van der Waals surface area contributed by atoms with E-state index in [1.54, 1.807) is 36.4 Å². The van der Waals surface area contributed by atoms with Crippen LogP contribution in [0.2, 0.25) is 0 Å². The predicted octanol–water partition coefficient (Wildman–Crippen LogP) is 6.34. The van der Waals surface area contributed by atoms with Crippen LogP contribution in [0, 0.1) is 31.0 Å². The Morgan fingerprint density at radius 3 is 2.55 bits per heavy atom. The molecule has 1 amide bonds. The lowest BCUT2D eigenvalue weighted by Crippen LogP contribution is -2.13. The number of hydrogen-bond acceptors (Lipinski definition) is 4. The molecule has 0 fully saturated rings. The maximum absolute atomic E-state index is 13.9. The van der Waals surface area contributed by atoms with Crippen molar-refractivity contribution in [2.45, 2.75) is 20.5 Å². The lowest BCUT2D eigenvalue weighted by Gasteiger charge is -2.13. The molecule has 0 radical (unpaired) electrons. The van der Waals surface area contributed by atoms with E-state index in [9.17, 15) is 14.4 Å². The summed E-state index contributed by atoms with van der Waals surface area (Å²) >= 11 is 3.45. The first-order valence-corrected chi connectivity index (χ1v) is 10.9. The largest absolute Gasteiger partial charge is 0.493 e. The Kier molecular flexibility index (Phi) is 7.86. The minimum Gasteiger partial charge on any atom is -0.493 e. The Hall–Kier alpha value is -3.63. The van der Waals surface area contributed by atoms with Gasteiger partial charge in [-0.15, -0.1) is 0 Å². The molecule has 0 saturated carbocycles. The molecule has 33 heavy (non-hydrogen) atoms. The molecule has 0 saturated heterocycles. The van der Waals surface area contributed by atoms with Gasteiger partial charge in [-0.25, -0.2) is 4.39 Å². The van der Waals surface area contributed by atoms with E-state index in [1.165, 1.54) is 19.3 Å². The molecule has 1 N–H and O–H groups in total. The number of nitrogens with one attached hydrogen (secondary N) is 1. The third kappa shape index (κ3) is 5.99. The molecular formula is C26H22BrFN2O3. The van der Waals surface area contributed by atoms with Crippen molar-refractivity contribution < 1.29 is 18.7 Å². The molecule has 0 spiro atoms. The van der Waals surface area contributed by atoms with Gasteiger partial charge in [0.05, 0.1) is 7.11 Å². The van der Waals surface area contributed by atoms with Crippen molar-refractivity contribution in [1.29, 1.82) is 5.26 Å². The number of nitrogens with zero attached hydrogens (tertiary/aromatic N) is 1. The van der Waals surface area contributed by atoms with Crippen LogP contribution in [0.15, 0.2) is 64.6 Å². The number of nitriles is 1. The van der Waals surface area contributed by atoms with Crippen molar-refractivity contribution in [1.82, 2.24) is 0 Å². The third-order valence-electron chi connectivity index (χ3n) is 5.05. The highest BCUT2D eigenvalue weighted by molar-refractivity contribution is 9.10. The second-order valence-electron chi connectivity index (χ2n) is 7.33. The first-order valence-electron chi connectivity index (χ1n) is 10.1. The van der Waals surface area contributed by atoms with E-state index < -0.39 is 5.91 Å². The average molecular weight is 509 g/mol. The van der Waals surface area contributed by atoms with E-state index in [-0.39, 0.29) is 18.0 Å². The lowest BCUT2D eigenvalue weighted by molar-refractivity contribution is -0.112. The molecule has 0 aliphatic rings. The van der Waals surface area contributed by atoms with Crippen LogP contribution in [-0.2, 0) is 11.4 Å². The van der Waals surface area contributed by atoms with Crippen LogP contribution in [0.4, 0.5) is 10.1 Å². The highest BCUT2D eigenvalue weighted by Crippen LogP contribution is 2.35. The number of halogens is 2. The number of hydrogen-bond donors (Lipinski definition) is 1. The zero-order valence-electron chi connectivity index (χ0n) is 18.4. The molecule has 0 bridgehead atoms. The highest BCUT2D eigenvalue weighted by Gasteiger charge is 2.15. The molecular weight excluding hydrogens is 487 g/mol. The summed E-state index contributed by atoms with van der Waals surface area (Å²) in [5, 5.41) is 12.3. The molecule has 0 aliphatic carbocycles. The quantitative estimate of drug-likeness (QED) is 0.298. The summed E-state index contributed by atoms with van der Waals surface area (Å²) < 4.78 is 25.6. The molecule has 0 aromatic heterocycles. The molecule has 3 aromatic carbocycles. The van der Waals surface area contributed by atoms with Gasteiger partial charge in [0.2, 0.25) is 0 Å². The van der Waals surface area contributed by atoms with Crippen LogP contribution in [0.1, 0.15) is 22.3 Å². The zero-order chi connectivity index (χ0) is 24.0. The van der Waals surface area contributed by atoms with Gasteiger partial charge in [-0.2, -0.15) is 5.26 Å². The number of benzene rings is 3. The minimum atomic E-state index is -0.522. The Balaban J connectivity index is 1.83. The number of carbonyl (C=O) groups is 1. The van der Waals surface area contributed by atoms with Gasteiger partial charge < -0.3 is 14.8 Å². The molecule has 0 aliphatic heterocycles. The Morgan fingerprint density at radius 1 is 1.12 bits per heavy atom. The summed E-state index contributed by atoms with van der Waals surface area (Å²) in [4.78, 5) is 12.7. The van der Waals surface area contributed by atoms with Gasteiger partial charge >= 0.3 is 0 Å². The zero-order valence-corrected chi connectivity index (χ0v) is 20.0. The van der Waals surface area contributed by atoms with Gasteiger partial charge in [-0.3, -0.25) is 4.79 Å². The van der Waals surface area contributed by atoms with Crippen LogP contribution in [0.5, 0.6) is 11.5 Å². The first-order chi connectivity index (χ1) is 15.8. The summed E-state index contributed by atoms with van der Waals surface area (Å²) in [5.74, 6) is -0.106. The lowest BCUT2D eigenvalue weighted by atomic mass is 10.1. The van der Waals surface area contributed by atoms with E-state index in [2.05, 4.69) is 21.2 Å². The van der Waals surface area contributed by atoms with E-state index >= 15 is 0 Å². The topological polar surface area (TPSA) is 71.3 Å². The van der Waals surface area contributed by atoms with Gasteiger partial charge in [0.25, 0.3) is 5.91 Å². The van der Waals surface area contributed by atoms with Crippen molar-refractivity contribution in [2.24, 2.45) is 0 Å². The van der Waals surface area contributed by atoms with Gasteiger partial charge in [-0.05, 0) is 66.9 Å². The summed E-state index contributed by atoms with van der Waals surface area (Å²) in [6.45, 7) is 3.95. The predicted molar refractivity (Wildman–Crippen MR) is 130 cm³/mol. The molecule has 3 aromatic rings. The number of amides is 1. The Morgan fingerprint density at radius 2 is 1.88 bits per heavy atom. The normalized spacial score (nSPS) is 11.0. The van der Waals surface area contributed by atoms with Crippen molar-refractivity contribution in [2.75, 3.05) is 12.4 Å². The average Bonchev–Trinajstić information content (AvgIpc) is 2.80. The fourth-order valence-corrected chi connectivity index (χ4v) is 3.46. The number of anilines is 1. The molecule has 7 heteroatoms.